The standard InChI is InChI=1S/C44H28N4O.Li/c49-41-37(24-23-29-15-9-25-45-40(29)41)39-36-16-8-7-14-34(36)26-35-22-21-33(27-38(35)39)28-17-19-32(20-18-28)44-47-42(30-10-3-1-4-11-30)46-43(48-44)31-12-5-2-6-13-31;/h1-27,49H;/q;+1. The Balaban J connectivity index is 0.00000361. The first-order chi connectivity index (χ1) is 24.2. The third-order valence-electron chi connectivity index (χ3n) is 9.10. The van der Waals surface area contributed by atoms with Crippen molar-refractivity contribution in [1.29, 1.82) is 0 Å². The molecule has 0 spiro atoms. The van der Waals surface area contributed by atoms with Gasteiger partial charge in [0.1, 0.15) is 0 Å². The molecule has 50 heavy (non-hydrogen) atoms. The maximum Gasteiger partial charge on any atom is 1.00 e. The van der Waals surface area contributed by atoms with Gasteiger partial charge in [-0.05, 0) is 73.8 Å². The molecule has 0 amide bonds. The van der Waals surface area contributed by atoms with Crippen molar-refractivity contribution in [3.05, 3.63) is 164 Å². The van der Waals surface area contributed by atoms with Gasteiger partial charge in [0, 0.05) is 28.1 Å². The Morgan fingerprint density at radius 2 is 0.940 bits per heavy atom. The van der Waals surface area contributed by atoms with Crippen LogP contribution in [-0.2, 0) is 0 Å². The van der Waals surface area contributed by atoms with Crippen LogP contribution in [0.4, 0.5) is 0 Å². The summed E-state index contributed by atoms with van der Waals surface area (Å²) >= 11 is 0. The van der Waals surface area contributed by atoms with E-state index in [0.717, 1.165) is 60.3 Å². The summed E-state index contributed by atoms with van der Waals surface area (Å²) in [7, 11) is 0. The number of nitrogens with zero attached hydrogens (tertiary/aromatic N) is 3. The molecule has 0 aliphatic carbocycles. The average Bonchev–Trinajstić information content (AvgIpc) is 3.18. The number of fused-ring (bicyclic) bond motifs is 3. The van der Waals surface area contributed by atoms with E-state index in [-0.39, 0.29) is 24.6 Å². The number of benzene rings is 7. The summed E-state index contributed by atoms with van der Waals surface area (Å²) in [5, 5.41) is 19.1. The second-order valence-electron chi connectivity index (χ2n) is 12.1. The molecule has 7 aromatic carbocycles. The number of H-pyrrole nitrogens is 1. The van der Waals surface area contributed by atoms with E-state index in [9.17, 15) is 5.11 Å². The van der Waals surface area contributed by atoms with Gasteiger partial charge in [-0.15, -0.1) is 0 Å². The molecule has 0 aliphatic rings. The minimum Gasteiger partial charge on any atom is -0.868 e. The third kappa shape index (κ3) is 5.59. The molecule has 0 unspecified atom stereocenters. The summed E-state index contributed by atoms with van der Waals surface area (Å²) in [5.41, 5.74) is 7.12. The monoisotopic (exact) mass is 635 g/mol. The molecule has 0 saturated heterocycles. The van der Waals surface area contributed by atoms with E-state index in [1.165, 1.54) is 0 Å². The number of nitrogens with one attached hydrogen (secondary N) is 1. The predicted octanol–water partition coefficient (Wildman–Crippen LogP) is 6.56. The third-order valence-corrected chi connectivity index (χ3v) is 9.10. The molecule has 0 fully saturated rings. The van der Waals surface area contributed by atoms with Crippen molar-refractivity contribution < 1.29 is 29.0 Å². The van der Waals surface area contributed by atoms with Crippen LogP contribution in [0.1, 0.15) is 0 Å². The molecule has 0 atom stereocenters. The molecule has 1 N–H and O–H groups in total. The van der Waals surface area contributed by atoms with Gasteiger partial charge >= 0.3 is 18.9 Å². The van der Waals surface area contributed by atoms with Gasteiger partial charge < -0.3 is 5.11 Å². The van der Waals surface area contributed by atoms with Crippen LogP contribution < -0.4 is 29.0 Å². The summed E-state index contributed by atoms with van der Waals surface area (Å²) in [6.07, 6.45) is 1.80. The predicted molar refractivity (Wildman–Crippen MR) is 196 cm³/mol. The van der Waals surface area contributed by atoms with E-state index in [0.29, 0.717) is 28.6 Å². The van der Waals surface area contributed by atoms with Gasteiger partial charge in [0.2, 0.25) is 5.52 Å². The summed E-state index contributed by atoms with van der Waals surface area (Å²) in [6, 6.07) is 53.2. The fourth-order valence-electron chi connectivity index (χ4n) is 6.65. The van der Waals surface area contributed by atoms with Gasteiger partial charge in [0.15, 0.2) is 23.7 Å². The van der Waals surface area contributed by atoms with Crippen LogP contribution in [-0.4, -0.2) is 15.0 Å². The van der Waals surface area contributed by atoms with Crippen molar-refractivity contribution in [2.75, 3.05) is 0 Å². The Morgan fingerprint density at radius 1 is 0.420 bits per heavy atom. The van der Waals surface area contributed by atoms with E-state index in [1.54, 1.807) is 6.20 Å². The molecule has 2 heterocycles. The Hall–Kier alpha value is -6.12. The number of rotatable bonds is 5. The van der Waals surface area contributed by atoms with Crippen molar-refractivity contribution in [3.8, 4) is 62.2 Å². The molecule has 9 rings (SSSR count). The maximum absolute atomic E-state index is 13.9. The van der Waals surface area contributed by atoms with Crippen LogP contribution in [0.25, 0.3) is 88.9 Å². The topological polar surface area (TPSA) is 75.9 Å². The van der Waals surface area contributed by atoms with Crippen molar-refractivity contribution in [2.24, 2.45) is 0 Å². The summed E-state index contributed by atoms with van der Waals surface area (Å²) < 4.78 is 0. The van der Waals surface area contributed by atoms with E-state index in [2.05, 4.69) is 65.6 Å². The van der Waals surface area contributed by atoms with Crippen LogP contribution in [0.5, 0.6) is 5.75 Å². The van der Waals surface area contributed by atoms with Gasteiger partial charge in [-0.2, -0.15) is 0 Å². The van der Waals surface area contributed by atoms with Crippen molar-refractivity contribution >= 4 is 32.4 Å². The second kappa shape index (κ2) is 13.1. The molecule has 5 nitrogen and oxygen atoms in total. The number of pyridine rings is 1. The van der Waals surface area contributed by atoms with Gasteiger partial charge in [-0.3, -0.25) is 0 Å². The van der Waals surface area contributed by atoms with Gasteiger partial charge in [0.25, 0.3) is 0 Å². The smallest absolute Gasteiger partial charge is 0.868 e. The second-order valence-corrected chi connectivity index (χ2v) is 12.1. The van der Waals surface area contributed by atoms with E-state index < -0.39 is 0 Å². The number of hydrogen-bond acceptors (Lipinski definition) is 4. The maximum atomic E-state index is 13.9. The molecule has 0 bridgehead atoms. The minimum absolute atomic E-state index is 0. The molecule has 0 radical (unpaired) electrons. The first-order valence-electron chi connectivity index (χ1n) is 16.2. The van der Waals surface area contributed by atoms with Crippen molar-refractivity contribution in [1.82, 2.24) is 15.0 Å². The average molecular weight is 636 g/mol. The van der Waals surface area contributed by atoms with Crippen molar-refractivity contribution in [3.63, 3.8) is 0 Å². The fourth-order valence-corrected chi connectivity index (χ4v) is 6.65. The van der Waals surface area contributed by atoms with E-state index in [1.807, 2.05) is 97.1 Å². The molecular formula is C44H28LiN4O+. The molecule has 2 aromatic heterocycles. The van der Waals surface area contributed by atoms with Crippen LogP contribution in [0.2, 0.25) is 0 Å². The molecule has 0 aliphatic heterocycles. The zero-order chi connectivity index (χ0) is 32.7. The molecule has 230 valence electrons. The van der Waals surface area contributed by atoms with E-state index >= 15 is 0 Å². The van der Waals surface area contributed by atoms with Crippen LogP contribution >= 0.6 is 0 Å². The Morgan fingerprint density at radius 3 is 1.62 bits per heavy atom. The Labute approximate surface area is 301 Å². The number of aromatic amines is 1. The van der Waals surface area contributed by atoms with E-state index in [4.69, 9.17) is 15.0 Å². The van der Waals surface area contributed by atoms with Gasteiger partial charge in [0.05, 0.1) is 0 Å². The largest absolute Gasteiger partial charge is 1.00 e. The quantitative estimate of drug-likeness (QED) is 0.159. The zero-order valence-corrected chi connectivity index (χ0v) is 27.3. The normalized spacial score (nSPS) is 11.1. The molecule has 6 heteroatoms. The first kappa shape index (κ1) is 31.2. The zero-order valence-electron chi connectivity index (χ0n) is 27.3. The van der Waals surface area contributed by atoms with Gasteiger partial charge in [-0.25, -0.2) is 19.9 Å². The Bertz CT molecular complexity index is 2610. The van der Waals surface area contributed by atoms with Crippen LogP contribution in [0, 0.1) is 0 Å². The number of hydrogen-bond donors (Lipinski definition) is 0. The summed E-state index contributed by atoms with van der Waals surface area (Å²) in [5.74, 6) is 1.87. The SMILES string of the molecule is [Li+].[O-]c1c(-c2c3ccccc3cc3ccc(-c4ccc(-c5nc(-c6ccccc6)nc(-c6ccccc6)n5)cc4)cc23)ccc2ccc[nH+]c12. The molecule has 0 saturated carbocycles. The number of aromatic nitrogens is 4. The molecule has 9 aromatic rings. The van der Waals surface area contributed by atoms with Crippen LogP contribution in [0.3, 0.4) is 0 Å². The Kier molecular flexibility index (Phi) is 8.14. The molecular weight excluding hydrogens is 607 g/mol. The summed E-state index contributed by atoms with van der Waals surface area (Å²) in [6.45, 7) is 0. The first-order valence-corrected chi connectivity index (χ1v) is 16.2. The minimum atomic E-state index is -0.00685. The fraction of sp³-hybridized carbons (Fsp3) is 0. The van der Waals surface area contributed by atoms with Crippen LogP contribution in [0.15, 0.2) is 164 Å². The summed E-state index contributed by atoms with van der Waals surface area (Å²) in [4.78, 5) is 17.8. The van der Waals surface area contributed by atoms with Gasteiger partial charge in [-0.1, -0.05) is 127 Å². The van der Waals surface area contributed by atoms with Crippen molar-refractivity contribution in [2.45, 2.75) is 0 Å².